The van der Waals surface area contributed by atoms with Crippen LogP contribution in [0.15, 0.2) is 0 Å². The summed E-state index contributed by atoms with van der Waals surface area (Å²) in [6.45, 7) is 4.04. The van der Waals surface area contributed by atoms with Crippen molar-refractivity contribution in [3.8, 4) is 0 Å². The number of nitrogens with zero attached hydrogens (tertiary/aromatic N) is 1. The molecule has 2 rings (SSSR count). The van der Waals surface area contributed by atoms with E-state index in [1.165, 1.54) is 19.3 Å². The van der Waals surface area contributed by atoms with E-state index in [0.29, 0.717) is 6.54 Å². The maximum atomic E-state index is 13.2. The number of hydrogen-bond acceptors (Lipinski definition) is 1. The van der Waals surface area contributed by atoms with Gasteiger partial charge in [0.2, 0.25) is 0 Å². The topological polar surface area (TPSA) is 3.24 Å². The smallest absolute Gasteiger partial charge is 0.115 e. The summed E-state index contributed by atoms with van der Waals surface area (Å²) in [5.41, 5.74) is 0.262. The maximum absolute atomic E-state index is 13.2. The summed E-state index contributed by atoms with van der Waals surface area (Å²) >= 11 is 0. The Balaban J connectivity index is 2.14. The lowest BCUT2D eigenvalue weighted by molar-refractivity contribution is 0.0862. The lowest BCUT2D eigenvalue weighted by Crippen LogP contribution is -2.46. The highest BCUT2D eigenvalue weighted by molar-refractivity contribution is 5.00. The van der Waals surface area contributed by atoms with E-state index in [2.05, 4.69) is 11.8 Å². The van der Waals surface area contributed by atoms with Gasteiger partial charge in [0.25, 0.3) is 0 Å². The molecule has 2 atom stereocenters. The zero-order valence-electron chi connectivity index (χ0n) is 7.85. The Kier molecular flexibility index (Phi) is 2.11. The minimum atomic E-state index is -0.553. The molecule has 0 spiro atoms. The summed E-state index contributed by atoms with van der Waals surface area (Å²) in [5.74, 6) is 0. The molecule has 70 valence electrons. The van der Waals surface area contributed by atoms with Crippen LogP contribution in [-0.4, -0.2) is 29.7 Å². The molecule has 2 heterocycles. The van der Waals surface area contributed by atoms with Gasteiger partial charge in [-0.2, -0.15) is 0 Å². The Morgan fingerprint density at radius 3 is 3.00 bits per heavy atom. The molecular formula is C10H18FN. The molecule has 2 heteroatoms. The zero-order valence-corrected chi connectivity index (χ0v) is 7.85. The standard InChI is InChI=1S/C10H18FN/c1-2-10-5-3-4-6-12(10)8-9(11)7-10/h9H,2-8H2,1H3. The molecule has 0 N–H and O–H groups in total. The van der Waals surface area contributed by atoms with Gasteiger partial charge in [-0.05, 0) is 32.2 Å². The Hall–Kier alpha value is -0.110. The van der Waals surface area contributed by atoms with E-state index in [9.17, 15) is 4.39 Å². The predicted molar refractivity (Wildman–Crippen MR) is 48.0 cm³/mol. The Bertz CT molecular complexity index is 171. The summed E-state index contributed by atoms with van der Waals surface area (Å²) in [7, 11) is 0. The van der Waals surface area contributed by atoms with E-state index in [1.54, 1.807) is 0 Å². The van der Waals surface area contributed by atoms with Gasteiger partial charge in [-0.15, -0.1) is 0 Å². The van der Waals surface area contributed by atoms with Crippen molar-refractivity contribution in [1.29, 1.82) is 0 Å². The molecule has 0 saturated carbocycles. The molecule has 12 heavy (non-hydrogen) atoms. The summed E-state index contributed by atoms with van der Waals surface area (Å²) < 4.78 is 13.2. The monoisotopic (exact) mass is 171 g/mol. The molecule has 0 aliphatic carbocycles. The molecule has 0 radical (unpaired) electrons. The van der Waals surface area contributed by atoms with Crippen LogP contribution < -0.4 is 0 Å². The van der Waals surface area contributed by atoms with Crippen LogP contribution in [-0.2, 0) is 0 Å². The third-order valence-electron chi connectivity index (χ3n) is 3.67. The second kappa shape index (κ2) is 2.99. The Labute approximate surface area is 73.9 Å². The lowest BCUT2D eigenvalue weighted by atomic mass is 9.84. The van der Waals surface area contributed by atoms with Crippen LogP contribution in [0.3, 0.4) is 0 Å². The SMILES string of the molecule is CCC12CCCCN1CC(F)C2. The Morgan fingerprint density at radius 2 is 2.33 bits per heavy atom. The van der Waals surface area contributed by atoms with E-state index < -0.39 is 6.17 Å². The van der Waals surface area contributed by atoms with Crippen LogP contribution in [0.5, 0.6) is 0 Å². The minimum absolute atomic E-state index is 0.262. The van der Waals surface area contributed by atoms with E-state index in [0.717, 1.165) is 19.4 Å². The summed E-state index contributed by atoms with van der Waals surface area (Å²) in [6.07, 6.45) is 5.18. The van der Waals surface area contributed by atoms with Gasteiger partial charge in [-0.1, -0.05) is 13.3 Å². The van der Waals surface area contributed by atoms with Crippen LogP contribution in [0.25, 0.3) is 0 Å². The van der Waals surface area contributed by atoms with E-state index in [-0.39, 0.29) is 5.54 Å². The molecule has 0 amide bonds. The van der Waals surface area contributed by atoms with Crippen molar-refractivity contribution >= 4 is 0 Å². The van der Waals surface area contributed by atoms with Crippen LogP contribution in [0.4, 0.5) is 4.39 Å². The predicted octanol–water partition coefficient (Wildman–Crippen LogP) is 2.36. The number of piperidine rings is 1. The molecule has 0 aromatic rings. The third kappa shape index (κ3) is 1.17. The maximum Gasteiger partial charge on any atom is 0.115 e. The first-order valence-corrected chi connectivity index (χ1v) is 5.16. The molecule has 0 aromatic carbocycles. The van der Waals surface area contributed by atoms with Gasteiger partial charge >= 0.3 is 0 Å². The van der Waals surface area contributed by atoms with Crippen LogP contribution in [0.1, 0.15) is 39.0 Å². The van der Waals surface area contributed by atoms with Crippen molar-refractivity contribution in [2.45, 2.75) is 50.7 Å². The summed E-state index contributed by atoms with van der Waals surface area (Å²) in [4.78, 5) is 2.39. The molecule has 2 unspecified atom stereocenters. The quantitative estimate of drug-likeness (QED) is 0.585. The molecule has 2 aliphatic rings. The molecule has 1 nitrogen and oxygen atoms in total. The third-order valence-corrected chi connectivity index (χ3v) is 3.67. The highest BCUT2D eigenvalue weighted by atomic mass is 19.1. The molecule has 0 bridgehead atoms. The van der Waals surface area contributed by atoms with E-state index in [4.69, 9.17) is 0 Å². The van der Waals surface area contributed by atoms with Crippen LogP contribution in [0, 0.1) is 0 Å². The van der Waals surface area contributed by atoms with Gasteiger partial charge in [0.05, 0.1) is 0 Å². The van der Waals surface area contributed by atoms with Crippen LogP contribution >= 0.6 is 0 Å². The van der Waals surface area contributed by atoms with Gasteiger partial charge in [0.15, 0.2) is 0 Å². The van der Waals surface area contributed by atoms with Gasteiger partial charge < -0.3 is 0 Å². The van der Waals surface area contributed by atoms with Gasteiger partial charge in [-0.3, -0.25) is 4.90 Å². The average molecular weight is 171 g/mol. The van der Waals surface area contributed by atoms with Crippen molar-refractivity contribution in [2.75, 3.05) is 13.1 Å². The summed E-state index contributed by atoms with van der Waals surface area (Å²) in [5, 5.41) is 0. The number of hydrogen-bond donors (Lipinski definition) is 0. The largest absolute Gasteiger partial charge is 0.295 e. The van der Waals surface area contributed by atoms with Gasteiger partial charge in [0.1, 0.15) is 6.17 Å². The first-order chi connectivity index (χ1) is 5.77. The molecule has 0 aromatic heterocycles. The van der Waals surface area contributed by atoms with Crippen molar-refractivity contribution < 1.29 is 4.39 Å². The number of alkyl halides is 1. The number of halogens is 1. The molecular weight excluding hydrogens is 153 g/mol. The van der Waals surface area contributed by atoms with Crippen LogP contribution in [0.2, 0.25) is 0 Å². The van der Waals surface area contributed by atoms with Crippen molar-refractivity contribution in [2.24, 2.45) is 0 Å². The highest BCUT2D eigenvalue weighted by Crippen LogP contribution is 2.40. The zero-order chi connectivity index (χ0) is 8.60. The van der Waals surface area contributed by atoms with E-state index in [1.807, 2.05) is 0 Å². The summed E-state index contributed by atoms with van der Waals surface area (Å²) in [6, 6.07) is 0. The molecule has 2 saturated heterocycles. The van der Waals surface area contributed by atoms with Crippen molar-refractivity contribution in [1.82, 2.24) is 4.90 Å². The normalized spacial score (nSPS) is 43.0. The highest BCUT2D eigenvalue weighted by Gasteiger charge is 2.45. The fourth-order valence-corrected chi connectivity index (χ4v) is 2.93. The molecule has 2 fully saturated rings. The van der Waals surface area contributed by atoms with E-state index >= 15 is 0 Å². The lowest BCUT2D eigenvalue weighted by Gasteiger charge is -2.41. The minimum Gasteiger partial charge on any atom is -0.295 e. The Morgan fingerprint density at radius 1 is 1.50 bits per heavy atom. The van der Waals surface area contributed by atoms with Crippen molar-refractivity contribution in [3.05, 3.63) is 0 Å². The second-order valence-electron chi connectivity index (χ2n) is 4.28. The first-order valence-electron chi connectivity index (χ1n) is 5.16. The number of rotatable bonds is 1. The second-order valence-corrected chi connectivity index (χ2v) is 4.28. The van der Waals surface area contributed by atoms with Gasteiger partial charge in [0, 0.05) is 12.1 Å². The number of fused-ring (bicyclic) bond motifs is 1. The first kappa shape index (κ1) is 8.49. The fourth-order valence-electron chi connectivity index (χ4n) is 2.93. The fraction of sp³-hybridized carbons (Fsp3) is 1.00. The molecule has 2 aliphatic heterocycles. The average Bonchev–Trinajstić information content (AvgIpc) is 2.41. The van der Waals surface area contributed by atoms with Crippen molar-refractivity contribution in [3.63, 3.8) is 0 Å². The van der Waals surface area contributed by atoms with Gasteiger partial charge in [-0.25, -0.2) is 4.39 Å².